The number of aromatic nitrogens is 2. The first-order chi connectivity index (χ1) is 10.6. The lowest BCUT2D eigenvalue weighted by molar-refractivity contribution is 0.378. The third-order valence-corrected chi connectivity index (χ3v) is 4.44. The predicted molar refractivity (Wildman–Crippen MR) is 82.5 cm³/mol. The molecule has 0 spiro atoms. The van der Waals surface area contributed by atoms with Crippen molar-refractivity contribution in [1.82, 2.24) is 10.2 Å². The molecule has 1 aliphatic rings. The maximum absolute atomic E-state index is 9.51. The standard InChI is InChI=1S/C15H16N4O2S/c1-4-22-11-5-9(8(3)20-11)13-10(6-16)14(17)21-15-12(13)7(2)18-19-15/h5,13H,4,17H2,1-3H3,(H,18,19)/t13-/m0/s1. The molecule has 0 fully saturated rings. The minimum Gasteiger partial charge on any atom is -0.455 e. The first-order valence-corrected chi connectivity index (χ1v) is 7.90. The third kappa shape index (κ3) is 2.16. The van der Waals surface area contributed by atoms with Crippen LogP contribution in [0.1, 0.15) is 35.4 Å². The lowest BCUT2D eigenvalue weighted by Gasteiger charge is -2.22. The zero-order valence-electron chi connectivity index (χ0n) is 12.6. The normalized spacial score (nSPS) is 17.1. The van der Waals surface area contributed by atoms with Gasteiger partial charge in [0.25, 0.3) is 0 Å². The molecule has 3 heterocycles. The Kier molecular flexibility index (Phi) is 3.62. The molecule has 114 valence electrons. The van der Waals surface area contributed by atoms with Gasteiger partial charge in [-0.05, 0) is 25.7 Å². The smallest absolute Gasteiger partial charge is 0.244 e. The second-order valence-electron chi connectivity index (χ2n) is 5.00. The number of aryl methyl sites for hydroxylation is 2. The van der Waals surface area contributed by atoms with Crippen molar-refractivity contribution in [2.45, 2.75) is 31.8 Å². The molecule has 6 nitrogen and oxygen atoms in total. The van der Waals surface area contributed by atoms with E-state index in [1.54, 1.807) is 11.8 Å². The number of ether oxygens (including phenoxy) is 1. The minimum absolute atomic E-state index is 0.0943. The number of thioether (sulfide) groups is 1. The van der Waals surface area contributed by atoms with Crippen LogP contribution in [0.2, 0.25) is 0 Å². The molecular weight excluding hydrogens is 300 g/mol. The summed E-state index contributed by atoms with van der Waals surface area (Å²) < 4.78 is 11.2. The highest BCUT2D eigenvalue weighted by molar-refractivity contribution is 7.99. The second-order valence-corrected chi connectivity index (χ2v) is 6.27. The number of fused-ring (bicyclic) bond motifs is 1. The van der Waals surface area contributed by atoms with Crippen molar-refractivity contribution in [1.29, 1.82) is 5.26 Å². The summed E-state index contributed by atoms with van der Waals surface area (Å²) in [6.07, 6.45) is 0. The molecule has 2 aromatic rings. The Bertz CT molecular complexity index is 797. The first kappa shape index (κ1) is 14.6. The molecule has 22 heavy (non-hydrogen) atoms. The number of nitrogens with two attached hydrogens (primary N) is 1. The number of hydrogen-bond acceptors (Lipinski definition) is 6. The number of nitrogens with zero attached hydrogens (tertiary/aromatic N) is 2. The highest BCUT2D eigenvalue weighted by Gasteiger charge is 2.36. The lowest BCUT2D eigenvalue weighted by atomic mass is 9.84. The van der Waals surface area contributed by atoms with Gasteiger partial charge in [0.1, 0.15) is 17.4 Å². The number of allylic oxidation sites excluding steroid dienone is 1. The topological polar surface area (TPSA) is 101 Å². The minimum atomic E-state index is -0.317. The van der Waals surface area contributed by atoms with Crippen LogP contribution in [-0.4, -0.2) is 16.0 Å². The Labute approximate surface area is 132 Å². The Morgan fingerprint density at radius 1 is 1.50 bits per heavy atom. The fourth-order valence-electron chi connectivity index (χ4n) is 2.68. The van der Waals surface area contributed by atoms with E-state index >= 15 is 0 Å². The van der Waals surface area contributed by atoms with E-state index in [2.05, 4.69) is 23.2 Å². The summed E-state index contributed by atoms with van der Waals surface area (Å²) in [4.78, 5) is 0. The Hall–Kier alpha value is -2.33. The summed E-state index contributed by atoms with van der Waals surface area (Å²) in [5.41, 5.74) is 8.89. The molecule has 0 aliphatic carbocycles. The van der Waals surface area contributed by atoms with Crippen LogP contribution >= 0.6 is 11.8 Å². The molecule has 7 heteroatoms. The fraction of sp³-hybridized carbons (Fsp3) is 0.333. The van der Waals surface area contributed by atoms with Crippen LogP contribution in [-0.2, 0) is 0 Å². The zero-order chi connectivity index (χ0) is 15.9. The van der Waals surface area contributed by atoms with Crippen molar-refractivity contribution in [3.63, 3.8) is 0 Å². The summed E-state index contributed by atoms with van der Waals surface area (Å²) >= 11 is 1.62. The van der Waals surface area contributed by atoms with Gasteiger partial charge >= 0.3 is 0 Å². The van der Waals surface area contributed by atoms with E-state index in [4.69, 9.17) is 14.9 Å². The molecule has 0 aromatic carbocycles. The second kappa shape index (κ2) is 5.46. The molecule has 2 aromatic heterocycles. The van der Waals surface area contributed by atoms with Gasteiger partial charge in [-0.2, -0.15) is 5.26 Å². The number of H-pyrrole nitrogens is 1. The largest absolute Gasteiger partial charge is 0.455 e. The van der Waals surface area contributed by atoms with Crippen molar-refractivity contribution in [3.05, 3.63) is 40.1 Å². The molecule has 1 atom stereocenters. The highest BCUT2D eigenvalue weighted by Crippen LogP contribution is 2.44. The zero-order valence-corrected chi connectivity index (χ0v) is 13.4. The average Bonchev–Trinajstić information content (AvgIpc) is 3.01. The summed E-state index contributed by atoms with van der Waals surface area (Å²) in [5, 5.41) is 17.4. The van der Waals surface area contributed by atoms with Gasteiger partial charge in [-0.25, -0.2) is 0 Å². The number of rotatable bonds is 3. The number of aromatic amines is 1. The molecule has 0 amide bonds. The van der Waals surface area contributed by atoms with Crippen LogP contribution in [0, 0.1) is 25.2 Å². The van der Waals surface area contributed by atoms with Crippen LogP contribution in [0.5, 0.6) is 5.88 Å². The summed E-state index contributed by atoms with van der Waals surface area (Å²) in [6, 6.07) is 4.14. The lowest BCUT2D eigenvalue weighted by Crippen LogP contribution is -2.21. The van der Waals surface area contributed by atoms with Gasteiger partial charge in [0, 0.05) is 16.8 Å². The summed E-state index contributed by atoms with van der Waals surface area (Å²) in [7, 11) is 0. The van der Waals surface area contributed by atoms with Gasteiger partial charge in [0.05, 0.1) is 5.92 Å². The van der Waals surface area contributed by atoms with Crippen LogP contribution in [0.25, 0.3) is 0 Å². The van der Waals surface area contributed by atoms with Crippen molar-refractivity contribution < 1.29 is 9.15 Å². The van der Waals surface area contributed by atoms with E-state index in [9.17, 15) is 5.26 Å². The number of hydrogen-bond donors (Lipinski definition) is 2. The maximum Gasteiger partial charge on any atom is 0.244 e. The van der Waals surface area contributed by atoms with Gasteiger partial charge < -0.3 is 14.9 Å². The highest BCUT2D eigenvalue weighted by atomic mass is 32.2. The molecule has 0 saturated carbocycles. The quantitative estimate of drug-likeness (QED) is 0.844. The maximum atomic E-state index is 9.51. The predicted octanol–water partition coefficient (Wildman–Crippen LogP) is 2.95. The monoisotopic (exact) mass is 316 g/mol. The van der Waals surface area contributed by atoms with Crippen LogP contribution in [0.4, 0.5) is 0 Å². The van der Waals surface area contributed by atoms with E-state index in [1.165, 1.54) is 0 Å². The van der Waals surface area contributed by atoms with E-state index in [0.29, 0.717) is 11.5 Å². The van der Waals surface area contributed by atoms with E-state index < -0.39 is 0 Å². The van der Waals surface area contributed by atoms with E-state index in [1.807, 2.05) is 19.9 Å². The molecule has 0 radical (unpaired) electrons. The third-order valence-electron chi connectivity index (χ3n) is 3.66. The Morgan fingerprint density at radius 3 is 2.95 bits per heavy atom. The van der Waals surface area contributed by atoms with Crippen LogP contribution in [0.15, 0.2) is 27.0 Å². The van der Waals surface area contributed by atoms with Gasteiger partial charge in [-0.3, -0.25) is 5.10 Å². The van der Waals surface area contributed by atoms with E-state index in [0.717, 1.165) is 33.4 Å². The van der Waals surface area contributed by atoms with Crippen LogP contribution < -0.4 is 10.5 Å². The van der Waals surface area contributed by atoms with Crippen molar-refractivity contribution in [2.75, 3.05) is 5.75 Å². The Balaban J connectivity index is 2.19. The van der Waals surface area contributed by atoms with Gasteiger partial charge in [-0.15, -0.1) is 5.10 Å². The van der Waals surface area contributed by atoms with E-state index in [-0.39, 0.29) is 11.8 Å². The SMILES string of the molecule is CCSc1cc([C@H]2C(C#N)=C(N)Oc3n[nH]c(C)c32)c(C)o1. The number of furan rings is 1. The fourth-order valence-corrected chi connectivity index (χ4v) is 3.36. The summed E-state index contributed by atoms with van der Waals surface area (Å²) in [5.74, 6) is 1.89. The summed E-state index contributed by atoms with van der Waals surface area (Å²) in [6.45, 7) is 5.86. The molecule has 3 rings (SSSR count). The van der Waals surface area contributed by atoms with Crippen molar-refractivity contribution >= 4 is 11.8 Å². The van der Waals surface area contributed by atoms with Crippen LogP contribution in [0.3, 0.4) is 0 Å². The Morgan fingerprint density at radius 2 is 2.27 bits per heavy atom. The molecular formula is C15H16N4O2S. The van der Waals surface area contributed by atoms with Gasteiger partial charge in [0.15, 0.2) is 5.09 Å². The van der Waals surface area contributed by atoms with Crippen molar-refractivity contribution in [2.24, 2.45) is 5.73 Å². The average molecular weight is 316 g/mol. The van der Waals surface area contributed by atoms with Crippen molar-refractivity contribution in [3.8, 4) is 11.9 Å². The molecule has 0 unspecified atom stereocenters. The molecule has 0 saturated heterocycles. The number of nitrogens with one attached hydrogen (secondary N) is 1. The van der Waals surface area contributed by atoms with Gasteiger partial charge in [-0.1, -0.05) is 18.7 Å². The molecule has 0 bridgehead atoms. The number of nitriles is 1. The first-order valence-electron chi connectivity index (χ1n) is 6.92. The molecule has 1 aliphatic heterocycles. The van der Waals surface area contributed by atoms with Gasteiger partial charge in [0.2, 0.25) is 11.8 Å². The molecule has 3 N–H and O–H groups in total.